The monoisotopic (exact) mass is 341 g/mol. The third-order valence-corrected chi connectivity index (χ3v) is 3.03. The third-order valence-electron chi connectivity index (χ3n) is 2.71. The molecule has 23 heavy (non-hydrogen) atoms. The molecule has 2 N–H and O–H groups in total. The van der Waals surface area contributed by atoms with Crippen LogP contribution in [0.3, 0.4) is 0 Å². The number of H-pyrrole nitrogens is 1. The number of aromatic nitrogens is 2. The zero-order valence-corrected chi connectivity index (χ0v) is 12.2. The van der Waals surface area contributed by atoms with Gasteiger partial charge in [-0.1, -0.05) is 11.6 Å². The molecule has 1 heterocycles. The van der Waals surface area contributed by atoms with E-state index in [0.717, 1.165) is 13.2 Å². The normalized spacial score (nSPS) is 10.2. The van der Waals surface area contributed by atoms with Gasteiger partial charge in [0.25, 0.3) is 11.6 Å². The first kappa shape index (κ1) is 16.2. The number of amides is 1. The Bertz CT molecular complexity index is 804. The second-order valence-corrected chi connectivity index (χ2v) is 4.50. The fourth-order valence-electron chi connectivity index (χ4n) is 1.71. The van der Waals surface area contributed by atoms with Crippen LogP contribution in [0.2, 0.25) is 5.02 Å². The van der Waals surface area contributed by atoms with Crippen molar-refractivity contribution in [1.82, 2.24) is 10.2 Å². The summed E-state index contributed by atoms with van der Waals surface area (Å²) in [6.07, 6.45) is 0. The van der Waals surface area contributed by atoms with Crippen LogP contribution in [0.4, 0.5) is 17.1 Å². The molecule has 0 atom stereocenters. The molecule has 1 amide bonds. The van der Waals surface area contributed by atoms with Crippen molar-refractivity contribution in [2.45, 2.75) is 0 Å². The summed E-state index contributed by atoms with van der Waals surface area (Å²) in [4.78, 5) is 32.3. The molecule has 0 aliphatic carbocycles. The number of carbonyl (C=O) groups is 1. The highest BCUT2D eigenvalue weighted by atomic mass is 35.5. The average molecular weight is 342 g/mol. The first-order chi connectivity index (χ1) is 10.8. The van der Waals surface area contributed by atoms with Crippen LogP contribution >= 0.6 is 11.6 Å². The van der Waals surface area contributed by atoms with Crippen LogP contribution in [-0.4, -0.2) is 33.1 Å². The molecule has 120 valence electrons. The maximum absolute atomic E-state index is 12.1. The van der Waals surface area contributed by atoms with E-state index >= 15 is 0 Å². The molecule has 0 bridgehead atoms. The molecule has 1 aromatic heterocycles. The summed E-state index contributed by atoms with van der Waals surface area (Å²) in [6, 6.07) is 3.56. The Morgan fingerprint density at radius 1 is 1.35 bits per heavy atom. The number of benzene rings is 1. The number of rotatable bonds is 5. The molecule has 0 radical (unpaired) electrons. The van der Waals surface area contributed by atoms with Gasteiger partial charge in [-0.25, -0.2) is 0 Å². The lowest BCUT2D eigenvalue weighted by Crippen LogP contribution is -2.14. The number of hydrogen-bond donors (Lipinski definition) is 2. The maximum atomic E-state index is 12.1. The summed E-state index contributed by atoms with van der Waals surface area (Å²) < 4.78 is 4.68. The van der Waals surface area contributed by atoms with Gasteiger partial charge in [0.15, 0.2) is 0 Å². The molecule has 0 unspecified atom stereocenters. The lowest BCUT2D eigenvalue weighted by molar-refractivity contribution is -0.386. The van der Waals surface area contributed by atoms with Crippen molar-refractivity contribution in [3.63, 3.8) is 0 Å². The number of halogens is 1. The van der Waals surface area contributed by atoms with Gasteiger partial charge in [0.2, 0.25) is 5.69 Å². The number of methoxy groups -OCH3 is 1. The predicted octanol–water partition coefficient (Wildman–Crippen LogP) is 2.14. The number of hydrogen-bond acceptors (Lipinski definition) is 7. The van der Waals surface area contributed by atoms with Crippen molar-refractivity contribution < 1.29 is 19.4 Å². The largest absolute Gasteiger partial charge is 0.475 e. The molecule has 0 saturated carbocycles. The summed E-state index contributed by atoms with van der Waals surface area (Å²) in [5, 5.41) is 29.6. The zero-order valence-electron chi connectivity index (χ0n) is 11.4. The van der Waals surface area contributed by atoms with E-state index in [4.69, 9.17) is 11.6 Å². The molecule has 11 nitrogen and oxygen atoms in total. The van der Waals surface area contributed by atoms with Gasteiger partial charge in [-0.2, -0.15) is 0 Å². The number of anilines is 1. The lowest BCUT2D eigenvalue weighted by Gasteiger charge is -2.04. The molecule has 12 heteroatoms. The van der Waals surface area contributed by atoms with E-state index in [-0.39, 0.29) is 16.6 Å². The maximum Gasteiger partial charge on any atom is 0.362 e. The van der Waals surface area contributed by atoms with Gasteiger partial charge < -0.3 is 10.1 Å². The molecular weight excluding hydrogens is 334 g/mol. The minimum Gasteiger partial charge on any atom is -0.475 e. The first-order valence-corrected chi connectivity index (χ1v) is 6.25. The first-order valence-electron chi connectivity index (χ1n) is 5.87. The number of ether oxygens (including phenoxy) is 1. The van der Waals surface area contributed by atoms with Crippen molar-refractivity contribution in [2.24, 2.45) is 0 Å². The van der Waals surface area contributed by atoms with Crippen LogP contribution < -0.4 is 10.1 Å². The summed E-state index contributed by atoms with van der Waals surface area (Å²) in [7, 11) is 1.16. The number of aromatic amines is 1. The van der Waals surface area contributed by atoms with E-state index in [1.165, 1.54) is 12.1 Å². The molecule has 0 spiro atoms. The van der Waals surface area contributed by atoms with Crippen LogP contribution in [0.15, 0.2) is 18.2 Å². The van der Waals surface area contributed by atoms with Gasteiger partial charge >= 0.3 is 11.6 Å². The minimum absolute atomic E-state index is 0.0361. The quantitative estimate of drug-likeness (QED) is 0.623. The van der Waals surface area contributed by atoms with E-state index in [0.29, 0.717) is 0 Å². The van der Waals surface area contributed by atoms with Crippen molar-refractivity contribution in [2.75, 3.05) is 12.4 Å². The summed E-state index contributed by atoms with van der Waals surface area (Å²) in [5.74, 6) is -1.27. The number of nitro groups is 2. The molecule has 2 rings (SSSR count). The number of carbonyl (C=O) groups excluding carboxylic acids is 1. The van der Waals surface area contributed by atoms with E-state index in [9.17, 15) is 25.0 Å². The second kappa shape index (κ2) is 6.27. The summed E-state index contributed by atoms with van der Waals surface area (Å²) >= 11 is 5.66. The number of nitrogens with zero attached hydrogens (tertiary/aromatic N) is 3. The molecule has 0 fully saturated rings. The van der Waals surface area contributed by atoms with Gasteiger partial charge in [-0.05, 0) is 12.1 Å². The Hall–Kier alpha value is -3.21. The Kier molecular flexibility index (Phi) is 4.41. The molecular formula is C11H8ClN5O6. The van der Waals surface area contributed by atoms with E-state index < -0.39 is 32.8 Å². The van der Waals surface area contributed by atoms with Crippen molar-refractivity contribution in [3.05, 3.63) is 49.1 Å². The highest BCUT2D eigenvalue weighted by Gasteiger charge is 2.30. The second-order valence-electron chi connectivity index (χ2n) is 4.09. The average Bonchev–Trinajstić information content (AvgIpc) is 2.93. The van der Waals surface area contributed by atoms with Gasteiger partial charge in [0, 0.05) is 11.8 Å². The smallest absolute Gasteiger partial charge is 0.362 e. The topological polar surface area (TPSA) is 153 Å². The molecule has 0 saturated heterocycles. The van der Waals surface area contributed by atoms with Gasteiger partial charge in [-0.3, -0.25) is 30.1 Å². The highest BCUT2D eigenvalue weighted by Crippen LogP contribution is 2.30. The Balaban J connectivity index is 2.33. The highest BCUT2D eigenvalue weighted by molar-refractivity contribution is 6.32. The molecule has 1 aromatic carbocycles. The fourth-order valence-corrected chi connectivity index (χ4v) is 1.90. The van der Waals surface area contributed by atoms with Crippen LogP contribution in [0, 0.1) is 20.2 Å². The van der Waals surface area contributed by atoms with Gasteiger partial charge in [0.1, 0.15) is 5.02 Å². The Labute approximate surface area is 132 Å². The third kappa shape index (κ3) is 3.18. The molecule has 2 aromatic rings. The number of nitrogens with one attached hydrogen (secondary N) is 2. The van der Waals surface area contributed by atoms with E-state index in [1.807, 2.05) is 0 Å². The summed E-state index contributed by atoms with van der Waals surface area (Å²) in [5.41, 5.74) is -1.48. The fraction of sp³-hybridized carbons (Fsp3) is 0.0909. The summed E-state index contributed by atoms with van der Waals surface area (Å²) in [6.45, 7) is 0. The number of nitro benzene ring substituents is 1. The minimum atomic E-state index is -0.913. The lowest BCUT2D eigenvalue weighted by atomic mass is 10.2. The van der Waals surface area contributed by atoms with Crippen molar-refractivity contribution >= 4 is 34.6 Å². The predicted molar refractivity (Wildman–Crippen MR) is 77.9 cm³/mol. The van der Waals surface area contributed by atoms with Crippen LogP contribution in [0.25, 0.3) is 0 Å². The standard InChI is InChI=1S/C11H8ClN5O6/c1-23-11-9(17(21)22)8(14-15-11)10(18)13-5-2-3-6(12)7(4-5)16(19)20/h2-4H,1H3,(H,13,18)(H,14,15). The SMILES string of the molecule is COc1n[nH]c(C(=O)Nc2ccc(Cl)c([N+](=O)[O-])c2)c1[N+](=O)[O-]. The van der Waals surface area contributed by atoms with Crippen LogP contribution in [0.5, 0.6) is 5.88 Å². The molecule has 0 aliphatic heterocycles. The zero-order chi connectivity index (χ0) is 17.1. The Morgan fingerprint density at radius 3 is 2.61 bits per heavy atom. The molecule has 0 aliphatic rings. The van der Waals surface area contributed by atoms with Crippen LogP contribution in [0.1, 0.15) is 10.5 Å². The van der Waals surface area contributed by atoms with E-state index in [2.05, 4.69) is 20.3 Å². The van der Waals surface area contributed by atoms with E-state index in [1.54, 1.807) is 0 Å². The van der Waals surface area contributed by atoms with Crippen molar-refractivity contribution in [1.29, 1.82) is 0 Å². The van der Waals surface area contributed by atoms with Crippen LogP contribution in [-0.2, 0) is 0 Å². The Morgan fingerprint density at radius 2 is 2.04 bits per heavy atom. The van der Waals surface area contributed by atoms with Gasteiger partial charge in [-0.15, -0.1) is 5.10 Å². The van der Waals surface area contributed by atoms with Crippen molar-refractivity contribution in [3.8, 4) is 5.88 Å². The van der Waals surface area contributed by atoms with Gasteiger partial charge in [0.05, 0.1) is 17.0 Å².